The Kier molecular flexibility index (Phi) is 4.64. The van der Waals surface area contributed by atoms with Crippen LogP contribution in [0.2, 0.25) is 0 Å². The number of nitriles is 1. The van der Waals surface area contributed by atoms with E-state index in [0.29, 0.717) is 43.1 Å². The highest BCUT2D eigenvalue weighted by Crippen LogP contribution is 2.29. The Morgan fingerprint density at radius 2 is 2.04 bits per heavy atom. The summed E-state index contributed by atoms with van der Waals surface area (Å²) < 4.78 is 16.4. The molecule has 4 heterocycles. The van der Waals surface area contributed by atoms with Crippen molar-refractivity contribution >= 4 is 5.88 Å². The molecule has 9 heteroatoms. The summed E-state index contributed by atoms with van der Waals surface area (Å²) in [4.78, 5) is 12.9. The summed E-state index contributed by atoms with van der Waals surface area (Å²) in [5.41, 5.74) is 0.272. The fourth-order valence-electron chi connectivity index (χ4n) is 2.97. The summed E-state index contributed by atoms with van der Waals surface area (Å²) in [7, 11) is 0. The smallest absolute Gasteiger partial charge is 0.266 e. The molecule has 0 spiro atoms. The molecule has 3 aromatic heterocycles. The molecule has 1 fully saturated rings. The Hall–Kier alpha value is -3.12. The van der Waals surface area contributed by atoms with Gasteiger partial charge in [-0.15, -0.1) is 0 Å². The third-order valence-corrected chi connectivity index (χ3v) is 4.47. The van der Waals surface area contributed by atoms with Gasteiger partial charge >= 0.3 is 0 Å². The van der Waals surface area contributed by atoms with Crippen molar-refractivity contribution in [1.82, 2.24) is 20.0 Å². The third-order valence-electron chi connectivity index (χ3n) is 4.47. The van der Waals surface area contributed by atoms with Gasteiger partial charge in [0.15, 0.2) is 11.6 Å². The fraction of sp³-hybridized carbons (Fsp3) is 0.444. The minimum atomic E-state index is 0.249. The molecule has 0 atom stereocenters. The first-order valence-electron chi connectivity index (χ1n) is 8.88. The zero-order chi connectivity index (χ0) is 18.8. The SMILES string of the molecule is CC(C)c1noc(CN2CCN(c3oc(-c4ccco4)nc3C#N)CC2)n1. The molecule has 0 unspecified atom stereocenters. The molecule has 140 valence electrons. The lowest BCUT2D eigenvalue weighted by molar-refractivity contribution is 0.213. The van der Waals surface area contributed by atoms with Gasteiger partial charge in [0.25, 0.3) is 5.89 Å². The molecular formula is C18H20N6O3. The Morgan fingerprint density at radius 3 is 2.67 bits per heavy atom. The molecule has 1 saturated heterocycles. The number of hydrogen-bond donors (Lipinski definition) is 0. The maximum absolute atomic E-state index is 9.39. The van der Waals surface area contributed by atoms with Gasteiger partial charge in [-0.05, 0) is 12.1 Å². The van der Waals surface area contributed by atoms with Crippen LogP contribution in [0.25, 0.3) is 11.7 Å². The van der Waals surface area contributed by atoms with Gasteiger partial charge < -0.3 is 18.3 Å². The van der Waals surface area contributed by atoms with Crippen LogP contribution < -0.4 is 4.90 Å². The second kappa shape index (κ2) is 7.25. The van der Waals surface area contributed by atoms with Crippen molar-refractivity contribution < 1.29 is 13.4 Å². The van der Waals surface area contributed by atoms with E-state index in [1.165, 1.54) is 0 Å². The molecule has 3 aromatic rings. The predicted molar refractivity (Wildman–Crippen MR) is 94.8 cm³/mol. The molecule has 1 aliphatic rings. The standard InChI is InChI=1S/C18H20N6O3/c1-12(2)16-21-15(27-22-16)11-23-5-7-24(8-6-23)18-13(10-19)20-17(26-18)14-4-3-9-25-14/h3-4,9,12H,5-8,11H2,1-2H3. The number of piperazine rings is 1. The highest BCUT2D eigenvalue weighted by atomic mass is 16.5. The van der Waals surface area contributed by atoms with Gasteiger partial charge in [-0.1, -0.05) is 19.0 Å². The van der Waals surface area contributed by atoms with Crippen molar-refractivity contribution in [3.63, 3.8) is 0 Å². The monoisotopic (exact) mass is 368 g/mol. The number of furan rings is 1. The summed E-state index contributed by atoms with van der Waals surface area (Å²) in [6.07, 6.45) is 1.55. The molecule has 4 rings (SSSR count). The van der Waals surface area contributed by atoms with Gasteiger partial charge in [0.2, 0.25) is 17.5 Å². The zero-order valence-corrected chi connectivity index (χ0v) is 15.3. The highest BCUT2D eigenvalue weighted by molar-refractivity contribution is 5.55. The summed E-state index contributed by atoms with van der Waals surface area (Å²) in [6.45, 7) is 7.71. The van der Waals surface area contributed by atoms with E-state index in [1.54, 1.807) is 18.4 Å². The number of aromatic nitrogens is 3. The summed E-state index contributed by atoms with van der Waals surface area (Å²) in [5.74, 6) is 2.93. The van der Waals surface area contributed by atoms with Crippen LogP contribution in [0.3, 0.4) is 0 Å². The molecule has 9 nitrogen and oxygen atoms in total. The molecule has 0 bridgehead atoms. The van der Waals surface area contributed by atoms with Crippen LogP contribution in [-0.2, 0) is 6.54 Å². The molecule has 27 heavy (non-hydrogen) atoms. The van der Waals surface area contributed by atoms with Crippen LogP contribution in [0, 0.1) is 11.3 Å². The number of rotatable bonds is 5. The van der Waals surface area contributed by atoms with Crippen molar-refractivity contribution in [3.8, 4) is 17.7 Å². The Labute approximate surface area is 156 Å². The van der Waals surface area contributed by atoms with Crippen LogP contribution in [-0.4, -0.2) is 46.2 Å². The van der Waals surface area contributed by atoms with E-state index in [0.717, 1.165) is 18.9 Å². The molecule has 0 N–H and O–H groups in total. The van der Waals surface area contributed by atoms with Crippen LogP contribution >= 0.6 is 0 Å². The van der Waals surface area contributed by atoms with Crippen LogP contribution in [0.5, 0.6) is 0 Å². The topological polar surface area (TPSA) is 108 Å². The number of oxazole rings is 1. The van der Waals surface area contributed by atoms with Crippen molar-refractivity contribution in [2.24, 2.45) is 0 Å². The second-order valence-electron chi connectivity index (χ2n) is 6.73. The Morgan fingerprint density at radius 1 is 1.22 bits per heavy atom. The van der Waals surface area contributed by atoms with Crippen LogP contribution in [0.15, 0.2) is 31.8 Å². The lowest BCUT2D eigenvalue weighted by atomic mass is 10.2. The predicted octanol–water partition coefficient (Wildman–Crippen LogP) is 2.63. The first-order valence-corrected chi connectivity index (χ1v) is 8.88. The molecular weight excluding hydrogens is 348 g/mol. The van der Waals surface area contributed by atoms with Gasteiger partial charge in [-0.25, -0.2) is 0 Å². The molecule has 0 amide bonds. The van der Waals surface area contributed by atoms with Crippen molar-refractivity contribution in [1.29, 1.82) is 5.26 Å². The van der Waals surface area contributed by atoms with Crippen LogP contribution in [0.1, 0.15) is 37.2 Å². The molecule has 0 aliphatic carbocycles. The van der Waals surface area contributed by atoms with E-state index < -0.39 is 0 Å². The Balaban J connectivity index is 1.41. The largest absolute Gasteiger partial charge is 0.459 e. The van der Waals surface area contributed by atoms with Crippen molar-refractivity contribution in [2.75, 3.05) is 31.1 Å². The number of hydrogen-bond acceptors (Lipinski definition) is 9. The summed E-state index contributed by atoms with van der Waals surface area (Å²) in [6, 6.07) is 5.62. The van der Waals surface area contributed by atoms with Gasteiger partial charge in [-0.3, -0.25) is 4.90 Å². The lowest BCUT2D eigenvalue weighted by Crippen LogP contribution is -2.46. The van der Waals surface area contributed by atoms with Crippen LogP contribution in [0.4, 0.5) is 5.88 Å². The van der Waals surface area contributed by atoms with Gasteiger partial charge in [0.1, 0.15) is 6.07 Å². The van der Waals surface area contributed by atoms with Gasteiger partial charge in [0.05, 0.1) is 12.8 Å². The Bertz CT molecular complexity index is 929. The van der Waals surface area contributed by atoms with E-state index in [4.69, 9.17) is 13.4 Å². The summed E-state index contributed by atoms with van der Waals surface area (Å²) >= 11 is 0. The first-order chi connectivity index (χ1) is 13.1. The fourth-order valence-corrected chi connectivity index (χ4v) is 2.97. The van der Waals surface area contributed by atoms with E-state index in [1.807, 2.05) is 18.7 Å². The molecule has 0 saturated carbocycles. The van der Waals surface area contributed by atoms with E-state index in [2.05, 4.69) is 26.1 Å². The van der Waals surface area contributed by atoms with Gasteiger partial charge in [0, 0.05) is 32.1 Å². The van der Waals surface area contributed by atoms with E-state index in [9.17, 15) is 5.26 Å². The lowest BCUT2D eigenvalue weighted by Gasteiger charge is -2.33. The normalized spacial score (nSPS) is 15.4. The average Bonchev–Trinajstić information content (AvgIpc) is 3.42. The second-order valence-corrected chi connectivity index (χ2v) is 6.73. The van der Waals surface area contributed by atoms with Crippen molar-refractivity contribution in [3.05, 3.63) is 35.8 Å². The quantitative estimate of drug-likeness (QED) is 0.671. The van der Waals surface area contributed by atoms with E-state index in [-0.39, 0.29) is 11.6 Å². The third kappa shape index (κ3) is 3.57. The maximum Gasteiger partial charge on any atom is 0.266 e. The van der Waals surface area contributed by atoms with Crippen molar-refractivity contribution in [2.45, 2.75) is 26.3 Å². The zero-order valence-electron chi connectivity index (χ0n) is 15.3. The molecule has 0 radical (unpaired) electrons. The minimum Gasteiger partial charge on any atom is -0.459 e. The number of anilines is 1. The van der Waals surface area contributed by atoms with Gasteiger partial charge in [-0.2, -0.15) is 15.2 Å². The average molecular weight is 368 g/mol. The highest BCUT2D eigenvalue weighted by Gasteiger charge is 2.26. The maximum atomic E-state index is 9.39. The molecule has 0 aromatic carbocycles. The first kappa shape index (κ1) is 17.3. The van der Waals surface area contributed by atoms with E-state index >= 15 is 0 Å². The number of nitrogens with zero attached hydrogens (tertiary/aromatic N) is 6. The minimum absolute atomic E-state index is 0.249. The molecule has 1 aliphatic heterocycles. The summed E-state index contributed by atoms with van der Waals surface area (Å²) in [5, 5.41) is 13.4.